The van der Waals surface area contributed by atoms with E-state index in [0.29, 0.717) is 22.8 Å². The van der Waals surface area contributed by atoms with Gasteiger partial charge in [-0.15, -0.1) is 0 Å². The predicted octanol–water partition coefficient (Wildman–Crippen LogP) is 3.77. The maximum Gasteiger partial charge on any atom is 0.226 e. The first-order valence-electron chi connectivity index (χ1n) is 6.84. The van der Waals surface area contributed by atoms with Crippen LogP contribution in [0.5, 0.6) is 0 Å². The van der Waals surface area contributed by atoms with Crippen molar-refractivity contribution in [1.82, 2.24) is 9.97 Å². The van der Waals surface area contributed by atoms with E-state index < -0.39 is 5.60 Å². The second-order valence-electron chi connectivity index (χ2n) is 5.54. The van der Waals surface area contributed by atoms with Gasteiger partial charge in [0.15, 0.2) is 0 Å². The van der Waals surface area contributed by atoms with E-state index in [9.17, 15) is 9.50 Å². The van der Waals surface area contributed by atoms with E-state index in [1.165, 1.54) is 18.4 Å². The first-order valence-corrected chi connectivity index (χ1v) is 6.84. The summed E-state index contributed by atoms with van der Waals surface area (Å²) in [6, 6.07) is 9.52. The van der Waals surface area contributed by atoms with Crippen molar-refractivity contribution in [1.29, 1.82) is 0 Å². The smallest absolute Gasteiger partial charge is 0.226 e. The molecule has 4 nitrogen and oxygen atoms in total. The molecule has 0 saturated heterocycles. The van der Waals surface area contributed by atoms with Crippen LogP contribution in [0.4, 0.5) is 4.39 Å². The molecule has 0 atom stereocenters. The number of aromatic nitrogens is 2. The van der Waals surface area contributed by atoms with E-state index in [1.807, 2.05) is 6.07 Å². The van der Waals surface area contributed by atoms with Gasteiger partial charge in [-0.25, -0.2) is 9.37 Å². The third-order valence-electron chi connectivity index (χ3n) is 3.28. The van der Waals surface area contributed by atoms with E-state index in [0.717, 1.165) is 5.56 Å². The average molecular weight is 298 g/mol. The van der Waals surface area contributed by atoms with Crippen LogP contribution in [0.2, 0.25) is 0 Å². The number of nitrogens with zero attached hydrogens (tertiary/aromatic N) is 2. The van der Waals surface area contributed by atoms with Gasteiger partial charge in [-0.2, -0.15) is 0 Å². The quantitative estimate of drug-likeness (QED) is 0.799. The zero-order valence-electron chi connectivity index (χ0n) is 12.2. The van der Waals surface area contributed by atoms with Gasteiger partial charge in [-0.1, -0.05) is 0 Å². The van der Waals surface area contributed by atoms with Gasteiger partial charge in [0.25, 0.3) is 0 Å². The zero-order valence-corrected chi connectivity index (χ0v) is 12.2. The normalized spacial score (nSPS) is 11.6. The number of benzene rings is 1. The van der Waals surface area contributed by atoms with E-state index >= 15 is 0 Å². The summed E-state index contributed by atoms with van der Waals surface area (Å²) in [6.45, 7) is 3.36. The Morgan fingerprint density at radius 1 is 1.05 bits per heavy atom. The number of rotatable bonds is 3. The predicted molar refractivity (Wildman–Crippen MR) is 80.4 cm³/mol. The van der Waals surface area contributed by atoms with Crippen molar-refractivity contribution in [2.24, 2.45) is 0 Å². The molecule has 112 valence electrons. The van der Waals surface area contributed by atoms with Gasteiger partial charge in [0.1, 0.15) is 23.4 Å². The highest BCUT2D eigenvalue weighted by atomic mass is 19.1. The van der Waals surface area contributed by atoms with Crippen LogP contribution < -0.4 is 0 Å². The fourth-order valence-electron chi connectivity index (χ4n) is 2.04. The minimum absolute atomic E-state index is 0.304. The molecule has 0 spiro atoms. The topological polar surface area (TPSA) is 59.2 Å². The number of oxazole rings is 1. The number of pyridine rings is 1. The minimum atomic E-state index is -0.984. The highest BCUT2D eigenvalue weighted by molar-refractivity contribution is 5.62. The molecule has 1 aromatic carbocycles. The fraction of sp³-hybridized carbons (Fsp3) is 0.176. The van der Waals surface area contributed by atoms with Gasteiger partial charge < -0.3 is 9.52 Å². The summed E-state index contributed by atoms with van der Waals surface area (Å²) in [4.78, 5) is 8.62. The molecule has 3 aromatic rings. The van der Waals surface area contributed by atoms with Gasteiger partial charge >= 0.3 is 0 Å². The molecule has 0 unspecified atom stereocenters. The van der Waals surface area contributed by atoms with Crippen LogP contribution in [0.15, 0.2) is 53.3 Å². The first kappa shape index (κ1) is 14.4. The summed E-state index contributed by atoms with van der Waals surface area (Å²) >= 11 is 0. The second-order valence-corrected chi connectivity index (χ2v) is 5.54. The lowest BCUT2D eigenvalue weighted by molar-refractivity contribution is 0.0739. The minimum Gasteiger partial charge on any atom is -0.444 e. The van der Waals surface area contributed by atoms with Crippen molar-refractivity contribution < 1.29 is 13.9 Å². The summed E-state index contributed by atoms with van der Waals surface area (Å²) in [7, 11) is 0. The Morgan fingerprint density at radius 3 is 2.32 bits per heavy atom. The molecule has 1 N–H and O–H groups in total. The zero-order chi connectivity index (χ0) is 15.7. The molecule has 22 heavy (non-hydrogen) atoms. The van der Waals surface area contributed by atoms with Gasteiger partial charge in [0, 0.05) is 17.3 Å². The summed E-state index contributed by atoms with van der Waals surface area (Å²) in [6.07, 6.45) is 3.17. The second kappa shape index (κ2) is 5.35. The fourth-order valence-corrected chi connectivity index (χ4v) is 2.04. The molecule has 0 radical (unpaired) electrons. The standard InChI is InChI=1S/C17H15FN2O2/c1-17(2,21)15-8-5-12(9-19-15)14-10-22-16(20-14)11-3-6-13(18)7-4-11/h3-10,21H,1-2H3. The van der Waals surface area contributed by atoms with Gasteiger partial charge in [-0.3, -0.25) is 4.98 Å². The Kier molecular flexibility index (Phi) is 3.50. The molecule has 0 fully saturated rings. The molecular formula is C17H15FN2O2. The summed E-state index contributed by atoms with van der Waals surface area (Å²) in [5.74, 6) is 0.114. The maximum absolute atomic E-state index is 12.9. The summed E-state index contributed by atoms with van der Waals surface area (Å²) in [5.41, 5.74) is 1.72. The first-order chi connectivity index (χ1) is 10.4. The molecule has 0 aliphatic rings. The van der Waals surface area contributed by atoms with E-state index in [4.69, 9.17) is 4.42 Å². The highest BCUT2D eigenvalue weighted by Gasteiger charge is 2.17. The highest BCUT2D eigenvalue weighted by Crippen LogP contribution is 2.25. The van der Waals surface area contributed by atoms with Gasteiger partial charge in [0.05, 0.1) is 5.69 Å². The maximum atomic E-state index is 12.9. The van der Waals surface area contributed by atoms with Crippen LogP contribution in [-0.4, -0.2) is 15.1 Å². The molecule has 5 heteroatoms. The van der Waals surface area contributed by atoms with Crippen molar-refractivity contribution >= 4 is 0 Å². The average Bonchev–Trinajstić information content (AvgIpc) is 2.97. The lowest BCUT2D eigenvalue weighted by Gasteiger charge is -2.16. The van der Waals surface area contributed by atoms with Gasteiger partial charge in [0.2, 0.25) is 5.89 Å². The molecule has 0 aliphatic heterocycles. The van der Waals surface area contributed by atoms with Crippen LogP contribution in [-0.2, 0) is 5.60 Å². The van der Waals surface area contributed by atoms with Crippen LogP contribution in [0.25, 0.3) is 22.7 Å². The van der Waals surface area contributed by atoms with E-state index in [-0.39, 0.29) is 5.82 Å². The SMILES string of the molecule is CC(C)(O)c1ccc(-c2coc(-c3ccc(F)cc3)n2)cn1. The largest absolute Gasteiger partial charge is 0.444 e. The molecular weight excluding hydrogens is 283 g/mol. The summed E-state index contributed by atoms with van der Waals surface area (Å²) in [5, 5.41) is 9.90. The Morgan fingerprint density at radius 2 is 1.73 bits per heavy atom. The molecule has 3 rings (SSSR count). The lowest BCUT2D eigenvalue weighted by atomic mass is 10.0. The van der Waals surface area contributed by atoms with E-state index in [2.05, 4.69) is 9.97 Å². The van der Waals surface area contributed by atoms with Crippen molar-refractivity contribution in [2.75, 3.05) is 0 Å². The Balaban J connectivity index is 1.89. The summed E-state index contributed by atoms with van der Waals surface area (Å²) < 4.78 is 18.4. The Hall–Kier alpha value is -2.53. The van der Waals surface area contributed by atoms with Crippen LogP contribution in [0.1, 0.15) is 19.5 Å². The molecule has 0 amide bonds. The monoisotopic (exact) mass is 298 g/mol. The van der Waals surface area contributed by atoms with E-state index in [1.54, 1.807) is 38.2 Å². The number of hydrogen-bond acceptors (Lipinski definition) is 4. The van der Waals surface area contributed by atoms with Crippen molar-refractivity contribution in [3.05, 3.63) is 60.4 Å². The number of aliphatic hydroxyl groups is 1. The molecule has 2 heterocycles. The van der Waals surface area contributed by atoms with Crippen LogP contribution in [0, 0.1) is 5.82 Å². The number of halogens is 1. The lowest BCUT2D eigenvalue weighted by Crippen LogP contribution is -2.17. The molecule has 0 aliphatic carbocycles. The van der Waals surface area contributed by atoms with Crippen LogP contribution >= 0.6 is 0 Å². The molecule has 0 saturated carbocycles. The van der Waals surface area contributed by atoms with Crippen molar-refractivity contribution in [3.8, 4) is 22.7 Å². The third kappa shape index (κ3) is 2.89. The van der Waals surface area contributed by atoms with Crippen LogP contribution in [0.3, 0.4) is 0 Å². The van der Waals surface area contributed by atoms with Gasteiger partial charge in [-0.05, 0) is 50.2 Å². The third-order valence-corrected chi connectivity index (χ3v) is 3.28. The van der Waals surface area contributed by atoms with Crippen molar-refractivity contribution in [2.45, 2.75) is 19.4 Å². The Bertz CT molecular complexity index is 772. The molecule has 2 aromatic heterocycles. The molecule has 0 bridgehead atoms. The van der Waals surface area contributed by atoms with Crippen molar-refractivity contribution in [3.63, 3.8) is 0 Å². The Labute approximate surface area is 127 Å². The number of hydrogen-bond donors (Lipinski definition) is 1.